The van der Waals surface area contributed by atoms with E-state index in [-0.39, 0.29) is 33.8 Å². The molecule has 0 N–H and O–H groups in total. The predicted octanol–water partition coefficient (Wildman–Crippen LogP) is 29.8. The summed E-state index contributed by atoms with van der Waals surface area (Å²) in [7, 11) is 0. The molecule has 0 bridgehead atoms. The molecule has 126 heavy (non-hydrogen) atoms. The Hall–Kier alpha value is -13.6. The highest BCUT2D eigenvalue weighted by Crippen LogP contribution is 2.44. The van der Waals surface area contributed by atoms with Gasteiger partial charge >= 0.3 is 33.8 Å². The highest BCUT2D eigenvalue weighted by molar-refractivity contribution is 7.17. The molecule has 0 atom stereocenters. The monoisotopic (exact) mass is 1760 g/mol. The van der Waals surface area contributed by atoms with Crippen LogP contribution in [0, 0.1) is 83.1 Å². The van der Waals surface area contributed by atoms with E-state index in [1.165, 1.54) is 112 Å². The molecule has 0 amide bonds. The second kappa shape index (κ2) is 37.5. The molecule has 12 nitrogen and oxygen atoms in total. The minimum atomic E-state index is -0.315. The summed E-state index contributed by atoms with van der Waals surface area (Å²) in [4.78, 5) is 84.4. The zero-order valence-corrected chi connectivity index (χ0v) is 76.0. The number of aryl methyl sites for hydroxylation is 12. The van der Waals surface area contributed by atoms with Crippen molar-refractivity contribution in [3.63, 3.8) is 0 Å². The Morgan fingerprint density at radius 1 is 0.198 bits per heavy atom. The maximum absolute atomic E-state index is 12.2. The molecule has 0 aliphatic heterocycles. The fourth-order valence-corrected chi connectivity index (χ4v) is 20.2. The summed E-state index contributed by atoms with van der Waals surface area (Å²) in [5.74, 6) is 0. The molecule has 0 saturated heterocycles. The summed E-state index contributed by atoms with van der Waals surface area (Å²) in [6.07, 6.45) is 0. The first kappa shape index (κ1) is 86.0. The summed E-state index contributed by atoms with van der Waals surface area (Å²) in [5.41, 5.74) is 21.7. The molecule has 0 fully saturated rings. The van der Waals surface area contributed by atoms with Crippen LogP contribution in [0.1, 0.15) is 62.6 Å². The lowest BCUT2D eigenvalue weighted by atomic mass is 9.96. The Morgan fingerprint density at radius 3 is 1.18 bits per heavy atom. The molecular formula is C108H84O12S6. The Kier molecular flexibility index (Phi) is 25.6. The van der Waals surface area contributed by atoms with Gasteiger partial charge in [0.2, 0.25) is 0 Å². The summed E-state index contributed by atoms with van der Waals surface area (Å²) in [6.45, 7) is 24.9. The third-order valence-electron chi connectivity index (χ3n) is 21.3. The Bertz CT molecular complexity index is 8070. The number of hydrogen-bond donors (Lipinski definition) is 0. The molecule has 624 valence electrons. The molecule has 9 aromatic carbocycles. The molecule has 21 aromatic rings. The van der Waals surface area contributed by atoms with Crippen molar-refractivity contribution < 1.29 is 26.5 Å². The van der Waals surface area contributed by atoms with Crippen molar-refractivity contribution in [3.8, 4) is 96.0 Å². The largest absolute Gasteiger partial charge is 0.423 e. The van der Waals surface area contributed by atoms with Gasteiger partial charge in [-0.3, -0.25) is 0 Å². The van der Waals surface area contributed by atoms with E-state index in [4.69, 9.17) is 26.5 Å². The maximum atomic E-state index is 12.2. The average Bonchev–Trinajstić information content (AvgIpc) is 1.27. The smallest absolute Gasteiger partial charge is 0.345 e. The molecule has 18 heteroatoms. The minimum absolute atomic E-state index is 0.279. The van der Waals surface area contributed by atoms with Crippen molar-refractivity contribution in [2.45, 2.75) is 83.1 Å². The van der Waals surface area contributed by atoms with Gasteiger partial charge in [-0.25, -0.2) is 28.8 Å². The van der Waals surface area contributed by atoms with Crippen LogP contribution >= 0.6 is 68.0 Å². The van der Waals surface area contributed by atoms with E-state index in [2.05, 4.69) is 222 Å². The van der Waals surface area contributed by atoms with Crippen molar-refractivity contribution in [2.24, 2.45) is 0 Å². The van der Waals surface area contributed by atoms with Gasteiger partial charge in [-0.05, 0) is 291 Å². The highest BCUT2D eigenvalue weighted by Gasteiger charge is 2.19. The second-order valence-electron chi connectivity index (χ2n) is 31.0. The summed E-state index contributed by atoms with van der Waals surface area (Å²) < 4.78 is 32.3. The van der Waals surface area contributed by atoms with Crippen molar-refractivity contribution >= 4 is 134 Å². The zero-order valence-electron chi connectivity index (χ0n) is 71.1. The molecule has 0 aliphatic carbocycles. The number of rotatable bonds is 9. The lowest BCUT2D eigenvalue weighted by Crippen LogP contribution is -2.01. The van der Waals surface area contributed by atoms with E-state index < -0.39 is 0 Å². The fraction of sp³-hybridized carbons (Fsp3) is 0.111. The number of para-hydroxylation sites is 2. The molecule has 21 rings (SSSR count). The quantitative estimate of drug-likeness (QED) is 0.125. The number of hydrogen-bond acceptors (Lipinski definition) is 18. The Labute approximate surface area is 749 Å². The highest BCUT2D eigenvalue weighted by atomic mass is 32.1. The zero-order chi connectivity index (χ0) is 88.1. The van der Waals surface area contributed by atoms with Gasteiger partial charge in [0.25, 0.3) is 0 Å². The van der Waals surface area contributed by atoms with E-state index in [9.17, 15) is 28.8 Å². The summed E-state index contributed by atoms with van der Waals surface area (Å²) >= 11 is 10.4. The Morgan fingerprint density at radius 2 is 0.619 bits per heavy atom. The van der Waals surface area contributed by atoms with Crippen molar-refractivity contribution in [3.05, 3.63) is 416 Å². The van der Waals surface area contributed by atoms with Gasteiger partial charge in [-0.1, -0.05) is 120 Å². The lowest BCUT2D eigenvalue weighted by Gasteiger charge is -2.09. The maximum Gasteiger partial charge on any atom is 0.345 e. The van der Waals surface area contributed by atoms with Crippen LogP contribution in [-0.4, -0.2) is 0 Å². The van der Waals surface area contributed by atoms with E-state index in [1.54, 1.807) is 86.2 Å². The topological polar surface area (TPSA) is 181 Å². The van der Waals surface area contributed by atoms with Crippen molar-refractivity contribution in [2.75, 3.05) is 0 Å². The first-order valence-electron chi connectivity index (χ1n) is 40.7. The molecule has 0 unspecified atom stereocenters. The fourth-order valence-electron chi connectivity index (χ4n) is 14.9. The van der Waals surface area contributed by atoms with Gasteiger partial charge < -0.3 is 26.5 Å². The molecule has 0 spiro atoms. The standard InChI is InChI=1S/3C19H14O2S2.3C17H14O2/c1-11-3-7-17(22-11)13-5-6-16-14(9-13)10-15(19(20)21-16)18-8-4-12(2)23-18;1-11-3-6-17(22-11)14-9-13-5-8-19(20)21-16(13)10-15(14)18-7-4-12(2)23-18;1-11-3-6-16(22-11)14-9-13-5-8-18(20)21-19(13)15(10-14)17-7-4-12(2)23-17;1-11-3-4-12(2)15(9-11)14-6-5-13-7-8-17(18)19-16(13)10-14;1-11-6-7-12(2)15(10-11)14-5-3-4-13-8-9-16(18)19-17(13)14;1-11-7-8-12(2)14(9-11)15-10-17(18)19-16-6-4-3-5-13(15)16/h3*3-10H,1-2H3;3*3-10H,1-2H3. The third-order valence-corrected chi connectivity index (χ3v) is 27.5. The first-order chi connectivity index (χ1) is 60.7. The van der Waals surface area contributed by atoms with Crippen molar-refractivity contribution in [1.29, 1.82) is 0 Å². The van der Waals surface area contributed by atoms with Crippen LogP contribution in [0.4, 0.5) is 0 Å². The van der Waals surface area contributed by atoms with Crippen LogP contribution in [0.25, 0.3) is 162 Å². The van der Waals surface area contributed by atoms with Crippen LogP contribution in [-0.2, 0) is 0 Å². The molecule has 12 heterocycles. The molecular weight excluding hydrogens is 1680 g/mol. The molecule has 0 saturated carbocycles. The van der Waals surface area contributed by atoms with Gasteiger partial charge in [0.05, 0.1) is 5.56 Å². The minimum Gasteiger partial charge on any atom is -0.423 e. The van der Waals surface area contributed by atoms with Crippen LogP contribution in [0.5, 0.6) is 0 Å². The summed E-state index contributed by atoms with van der Waals surface area (Å²) in [5, 5.41) is 5.70. The van der Waals surface area contributed by atoms with Gasteiger partial charge in [-0.15, -0.1) is 68.0 Å². The predicted molar refractivity (Wildman–Crippen MR) is 528 cm³/mol. The van der Waals surface area contributed by atoms with Gasteiger partial charge in [0.1, 0.15) is 33.5 Å². The van der Waals surface area contributed by atoms with Gasteiger partial charge in [0, 0.05) is 149 Å². The van der Waals surface area contributed by atoms with Crippen LogP contribution in [0.15, 0.2) is 346 Å². The number of benzene rings is 9. The molecule has 0 aliphatic rings. The number of thiophene rings is 6. The van der Waals surface area contributed by atoms with E-state index >= 15 is 0 Å². The van der Waals surface area contributed by atoms with E-state index in [0.29, 0.717) is 39.1 Å². The summed E-state index contributed by atoms with van der Waals surface area (Å²) in [6, 6.07) is 94.6. The Balaban J connectivity index is 0.000000112. The van der Waals surface area contributed by atoms with Crippen LogP contribution in [0.2, 0.25) is 0 Å². The lowest BCUT2D eigenvalue weighted by molar-refractivity contribution is 0.561. The number of fused-ring (bicyclic) bond motifs is 6. The normalized spacial score (nSPS) is 11.0. The second-order valence-corrected chi connectivity index (χ2v) is 38.7. The molecule has 12 aromatic heterocycles. The van der Waals surface area contributed by atoms with Crippen LogP contribution < -0.4 is 33.8 Å². The van der Waals surface area contributed by atoms with Gasteiger partial charge in [-0.2, -0.15) is 0 Å². The average molecular weight is 1770 g/mol. The van der Waals surface area contributed by atoms with Crippen LogP contribution in [0.3, 0.4) is 0 Å². The SMILES string of the molecule is Cc1ccc(-c2cc(-c3ccc(C)s3)c3oc(=O)ccc3c2)s1.Cc1ccc(-c2cc3ccc(=O)oc3cc2-c2ccc(C)s2)s1.Cc1ccc(-c2ccc3oc(=O)c(-c4ccc(C)s4)cc3c2)s1.Cc1ccc(C)c(-c2cc(=O)oc3ccccc23)c1.Cc1ccc(C)c(-c2ccc3ccc(=O)oc3c2)c1.Cc1ccc(C)c(-c2cccc3ccc(=O)oc23)c1. The third kappa shape index (κ3) is 19.8. The van der Waals surface area contributed by atoms with E-state index in [1.807, 2.05) is 110 Å². The molecule has 0 radical (unpaired) electrons. The first-order valence-corrected chi connectivity index (χ1v) is 45.6. The van der Waals surface area contributed by atoms with Crippen molar-refractivity contribution in [1.82, 2.24) is 0 Å². The van der Waals surface area contributed by atoms with Gasteiger partial charge in [0.15, 0.2) is 0 Å². The van der Waals surface area contributed by atoms with E-state index in [0.717, 1.165) is 97.7 Å².